The molecule has 1 aliphatic rings. The van der Waals surface area contributed by atoms with E-state index in [-0.39, 0.29) is 0 Å². The lowest BCUT2D eigenvalue weighted by molar-refractivity contribution is 0.139. The molecule has 0 amide bonds. The first-order chi connectivity index (χ1) is 7.40. The van der Waals surface area contributed by atoms with Crippen LogP contribution in [0.2, 0.25) is 0 Å². The topological polar surface area (TPSA) is 33.1 Å². The van der Waals surface area contributed by atoms with Gasteiger partial charge in [-0.2, -0.15) is 5.10 Å². The summed E-state index contributed by atoms with van der Waals surface area (Å²) in [6.07, 6.45) is 5.10. The number of hydrogen-bond donors (Lipinski definition) is 1. The maximum Gasteiger partial charge on any atom is 0.0536 e. The first kappa shape index (κ1) is 10.6. The molecule has 1 aliphatic heterocycles. The molecule has 0 saturated carbocycles. The first-order valence-electron chi connectivity index (χ1n) is 5.82. The zero-order valence-corrected chi connectivity index (χ0v) is 9.39. The van der Waals surface area contributed by atoms with Crippen LogP contribution in [0.25, 0.3) is 0 Å². The lowest BCUT2D eigenvalue weighted by Crippen LogP contribution is -2.57. The van der Waals surface area contributed by atoms with Gasteiger partial charge in [-0.1, -0.05) is 6.92 Å². The second-order valence-electron chi connectivity index (χ2n) is 4.12. The predicted molar refractivity (Wildman–Crippen MR) is 60.7 cm³/mol. The molecule has 15 heavy (non-hydrogen) atoms. The molecule has 0 aliphatic carbocycles. The Morgan fingerprint density at radius 2 is 2.33 bits per heavy atom. The molecule has 1 aromatic rings. The number of hydrogen-bond acceptors (Lipinski definition) is 3. The lowest BCUT2D eigenvalue weighted by Gasteiger charge is -2.38. The summed E-state index contributed by atoms with van der Waals surface area (Å²) in [4.78, 5) is 2.57. The summed E-state index contributed by atoms with van der Waals surface area (Å²) < 4.78 is 2.01. The molecule has 1 fully saturated rings. The average molecular weight is 208 g/mol. The second-order valence-corrected chi connectivity index (χ2v) is 4.12. The van der Waals surface area contributed by atoms with E-state index in [4.69, 9.17) is 0 Å². The van der Waals surface area contributed by atoms with Gasteiger partial charge in [0.05, 0.1) is 6.54 Å². The lowest BCUT2D eigenvalue weighted by atomic mass is 10.1. The SMILES string of the molecule is CCCN(CCn1cccn1)C1CNC1. The van der Waals surface area contributed by atoms with E-state index < -0.39 is 0 Å². The van der Waals surface area contributed by atoms with E-state index in [9.17, 15) is 0 Å². The summed E-state index contributed by atoms with van der Waals surface area (Å²) in [6, 6.07) is 2.73. The van der Waals surface area contributed by atoms with Crippen LogP contribution in [0.1, 0.15) is 13.3 Å². The van der Waals surface area contributed by atoms with Crippen LogP contribution in [-0.2, 0) is 6.54 Å². The van der Waals surface area contributed by atoms with Crippen LogP contribution in [-0.4, -0.2) is 46.9 Å². The Labute approximate surface area is 91.3 Å². The van der Waals surface area contributed by atoms with Crippen molar-refractivity contribution in [1.29, 1.82) is 0 Å². The Morgan fingerprint density at radius 3 is 2.87 bits per heavy atom. The highest BCUT2D eigenvalue weighted by Crippen LogP contribution is 2.06. The number of nitrogens with zero attached hydrogens (tertiary/aromatic N) is 3. The van der Waals surface area contributed by atoms with Gasteiger partial charge in [0.2, 0.25) is 0 Å². The van der Waals surface area contributed by atoms with Crippen LogP contribution in [0.5, 0.6) is 0 Å². The molecule has 1 aromatic heterocycles. The molecule has 0 bridgehead atoms. The van der Waals surface area contributed by atoms with Gasteiger partial charge in [0.15, 0.2) is 0 Å². The number of rotatable bonds is 6. The van der Waals surface area contributed by atoms with E-state index in [1.54, 1.807) is 0 Å². The van der Waals surface area contributed by atoms with Crippen LogP contribution in [0.3, 0.4) is 0 Å². The molecule has 1 N–H and O–H groups in total. The Hall–Kier alpha value is -0.870. The molecule has 0 radical (unpaired) electrons. The van der Waals surface area contributed by atoms with Gasteiger partial charge in [0, 0.05) is 38.1 Å². The normalized spacial score (nSPS) is 16.9. The molecular formula is C11H20N4. The van der Waals surface area contributed by atoms with Gasteiger partial charge in [-0.15, -0.1) is 0 Å². The van der Waals surface area contributed by atoms with E-state index in [0.29, 0.717) is 0 Å². The van der Waals surface area contributed by atoms with Crippen LogP contribution in [0.4, 0.5) is 0 Å². The van der Waals surface area contributed by atoms with Gasteiger partial charge in [-0.05, 0) is 19.0 Å². The van der Waals surface area contributed by atoms with Crippen molar-refractivity contribution in [2.75, 3.05) is 26.2 Å². The van der Waals surface area contributed by atoms with Gasteiger partial charge in [-0.25, -0.2) is 0 Å². The molecule has 2 rings (SSSR count). The van der Waals surface area contributed by atoms with Gasteiger partial charge in [0.25, 0.3) is 0 Å². The third kappa shape index (κ3) is 2.79. The summed E-state index contributed by atoms with van der Waals surface area (Å²) in [7, 11) is 0. The monoisotopic (exact) mass is 208 g/mol. The van der Waals surface area contributed by atoms with Crippen molar-refractivity contribution in [3.05, 3.63) is 18.5 Å². The van der Waals surface area contributed by atoms with Gasteiger partial charge < -0.3 is 5.32 Å². The Bertz CT molecular complexity index is 266. The third-order valence-corrected chi connectivity index (χ3v) is 2.96. The van der Waals surface area contributed by atoms with E-state index in [2.05, 4.69) is 22.2 Å². The van der Waals surface area contributed by atoms with Crippen molar-refractivity contribution in [2.24, 2.45) is 0 Å². The molecule has 0 aromatic carbocycles. The fourth-order valence-corrected chi connectivity index (χ4v) is 1.96. The van der Waals surface area contributed by atoms with Gasteiger partial charge in [-0.3, -0.25) is 9.58 Å². The highest BCUT2D eigenvalue weighted by Gasteiger charge is 2.23. The van der Waals surface area contributed by atoms with Gasteiger partial charge in [0.1, 0.15) is 0 Å². The van der Waals surface area contributed by atoms with Crippen LogP contribution in [0, 0.1) is 0 Å². The van der Waals surface area contributed by atoms with E-state index in [1.807, 2.05) is 23.1 Å². The minimum atomic E-state index is 0.750. The third-order valence-electron chi connectivity index (χ3n) is 2.96. The summed E-state index contributed by atoms with van der Waals surface area (Å²) in [5.74, 6) is 0. The molecule has 2 heterocycles. The quantitative estimate of drug-likeness (QED) is 0.742. The summed E-state index contributed by atoms with van der Waals surface area (Å²) in [6.45, 7) is 7.87. The van der Waals surface area contributed by atoms with E-state index in [1.165, 1.54) is 13.0 Å². The zero-order chi connectivity index (χ0) is 10.5. The minimum absolute atomic E-state index is 0.750. The van der Waals surface area contributed by atoms with E-state index >= 15 is 0 Å². The largest absolute Gasteiger partial charge is 0.314 e. The molecule has 0 spiro atoms. The molecular weight excluding hydrogens is 188 g/mol. The fraction of sp³-hybridized carbons (Fsp3) is 0.727. The maximum absolute atomic E-state index is 4.23. The summed E-state index contributed by atoms with van der Waals surface area (Å²) in [5.41, 5.74) is 0. The highest BCUT2D eigenvalue weighted by molar-refractivity contribution is 4.85. The minimum Gasteiger partial charge on any atom is -0.314 e. The Kier molecular flexibility index (Phi) is 3.75. The fourth-order valence-electron chi connectivity index (χ4n) is 1.96. The van der Waals surface area contributed by atoms with Crippen molar-refractivity contribution in [1.82, 2.24) is 20.0 Å². The second kappa shape index (κ2) is 5.28. The smallest absolute Gasteiger partial charge is 0.0536 e. The van der Waals surface area contributed by atoms with Crippen molar-refractivity contribution in [3.8, 4) is 0 Å². The standard InChI is InChI=1S/C11H20N4/c1-2-5-14(11-9-12-10-11)7-8-15-6-3-4-13-15/h3-4,6,11-12H,2,5,7-10H2,1H3. The predicted octanol–water partition coefficient (Wildman–Crippen LogP) is 0.567. The van der Waals surface area contributed by atoms with Crippen molar-refractivity contribution in [3.63, 3.8) is 0 Å². The number of nitrogens with one attached hydrogen (secondary N) is 1. The molecule has 4 nitrogen and oxygen atoms in total. The van der Waals surface area contributed by atoms with Crippen LogP contribution in [0.15, 0.2) is 18.5 Å². The molecule has 4 heteroatoms. The zero-order valence-electron chi connectivity index (χ0n) is 9.39. The molecule has 0 unspecified atom stereocenters. The van der Waals surface area contributed by atoms with Crippen molar-refractivity contribution < 1.29 is 0 Å². The highest BCUT2D eigenvalue weighted by atomic mass is 15.3. The van der Waals surface area contributed by atoms with Crippen molar-refractivity contribution in [2.45, 2.75) is 25.9 Å². The maximum atomic E-state index is 4.23. The van der Waals surface area contributed by atoms with E-state index in [0.717, 1.165) is 32.2 Å². The summed E-state index contributed by atoms with van der Waals surface area (Å²) in [5, 5.41) is 7.56. The summed E-state index contributed by atoms with van der Waals surface area (Å²) >= 11 is 0. The van der Waals surface area contributed by atoms with Gasteiger partial charge >= 0.3 is 0 Å². The van der Waals surface area contributed by atoms with Crippen molar-refractivity contribution >= 4 is 0 Å². The van der Waals surface area contributed by atoms with Crippen LogP contribution >= 0.6 is 0 Å². The molecule has 0 atom stereocenters. The first-order valence-corrected chi connectivity index (χ1v) is 5.82. The molecule has 1 saturated heterocycles. The Balaban J connectivity index is 1.78. The average Bonchev–Trinajstić information content (AvgIpc) is 2.64. The Morgan fingerprint density at radius 1 is 1.47 bits per heavy atom. The number of aromatic nitrogens is 2. The molecule has 84 valence electrons. The van der Waals surface area contributed by atoms with Crippen LogP contribution < -0.4 is 5.32 Å².